The van der Waals surface area contributed by atoms with E-state index < -0.39 is 0 Å². The molecule has 2 aliphatic rings. The molecule has 116 valence electrons. The minimum atomic E-state index is 0.385. The summed E-state index contributed by atoms with van der Waals surface area (Å²) in [6, 6.07) is 2.17. The number of nitrogens with zero attached hydrogens (tertiary/aromatic N) is 2. The fraction of sp³-hybridized carbons (Fsp3) is 0.706. The van der Waals surface area contributed by atoms with Crippen molar-refractivity contribution in [2.24, 2.45) is 0 Å². The van der Waals surface area contributed by atoms with Gasteiger partial charge in [0.05, 0.1) is 24.2 Å². The van der Waals surface area contributed by atoms with Crippen LogP contribution in [0.3, 0.4) is 0 Å². The van der Waals surface area contributed by atoms with Crippen LogP contribution >= 0.6 is 0 Å². The monoisotopic (exact) mass is 289 g/mol. The van der Waals surface area contributed by atoms with Crippen molar-refractivity contribution >= 4 is 5.69 Å². The Bertz CT molecular complexity index is 422. The molecular formula is C17H27N3O. The van der Waals surface area contributed by atoms with Crippen LogP contribution in [0.5, 0.6) is 5.75 Å². The van der Waals surface area contributed by atoms with E-state index >= 15 is 0 Å². The summed E-state index contributed by atoms with van der Waals surface area (Å²) in [6.45, 7) is 4.31. The van der Waals surface area contributed by atoms with Crippen molar-refractivity contribution < 1.29 is 4.74 Å². The molecule has 1 saturated carbocycles. The van der Waals surface area contributed by atoms with Gasteiger partial charge in [-0.05, 0) is 38.6 Å². The highest BCUT2D eigenvalue weighted by atomic mass is 16.5. The third-order valence-electron chi connectivity index (χ3n) is 4.51. The van der Waals surface area contributed by atoms with Crippen molar-refractivity contribution in [1.82, 2.24) is 10.3 Å². The SMILES string of the molecule is c1ncc(N2CCCNCC2)cc1OC1CCCCCC1. The summed E-state index contributed by atoms with van der Waals surface area (Å²) >= 11 is 0. The third kappa shape index (κ3) is 4.34. The van der Waals surface area contributed by atoms with Crippen LogP contribution in [-0.4, -0.2) is 37.3 Å². The van der Waals surface area contributed by atoms with E-state index in [9.17, 15) is 0 Å². The summed E-state index contributed by atoms with van der Waals surface area (Å²) in [5, 5.41) is 3.44. The molecule has 21 heavy (non-hydrogen) atoms. The Kier molecular flexibility index (Phi) is 5.33. The van der Waals surface area contributed by atoms with Crippen molar-refractivity contribution in [2.75, 3.05) is 31.1 Å². The van der Waals surface area contributed by atoms with Crippen molar-refractivity contribution in [3.63, 3.8) is 0 Å². The first-order valence-corrected chi connectivity index (χ1v) is 8.49. The minimum Gasteiger partial charge on any atom is -0.489 e. The Balaban J connectivity index is 1.64. The first-order chi connectivity index (χ1) is 10.4. The fourth-order valence-corrected chi connectivity index (χ4v) is 3.30. The number of pyridine rings is 1. The summed E-state index contributed by atoms with van der Waals surface area (Å²) in [6.07, 6.45) is 13.1. The lowest BCUT2D eigenvalue weighted by Crippen LogP contribution is -2.28. The normalized spacial score (nSPS) is 21.6. The molecule has 0 atom stereocenters. The highest BCUT2D eigenvalue weighted by Crippen LogP contribution is 2.25. The van der Waals surface area contributed by atoms with Gasteiger partial charge in [-0.3, -0.25) is 4.98 Å². The van der Waals surface area contributed by atoms with E-state index in [1.165, 1.54) is 50.6 Å². The predicted octanol–water partition coefficient (Wildman–Crippen LogP) is 2.98. The zero-order valence-corrected chi connectivity index (χ0v) is 12.9. The Morgan fingerprint density at radius 3 is 2.71 bits per heavy atom. The van der Waals surface area contributed by atoms with Gasteiger partial charge >= 0.3 is 0 Å². The van der Waals surface area contributed by atoms with Crippen LogP contribution in [0, 0.1) is 0 Å². The number of nitrogens with one attached hydrogen (secondary N) is 1. The molecular weight excluding hydrogens is 262 g/mol. The Morgan fingerprint density at radius 1 is 1.00 bits per heavy atom. The molecule has 0 amide bonds. The largest absolute Gasteiger partial charge is 0.489 e. The number of hydrogen-bond acceptors (Lipinski definition) is 4. The molecule has 3 rings (SSSR count). The lowest BCUT2D eigenvalue weighted by molar-refractivity contribution is 0.183. The molecule has 4 heteroatoms. The van der Waals surface area contributed by atoms with Crippen molar-refractivity contribution in [3.8, 4) is 5.75 Å². The van der Waals surface area contributed by atoms with Crippen LogP contribution in [0.25, 0.3) is 0 Å². The summed E-state index contributed by atoms with van der Waals surface area (Å²) in [4.78, 5) is 6.80. The van der Waals surface area contributed by atoms with Gasteiger partial charge in [-0.1, -0.05) is 12.8 Å². The van der Waals surface area contributed by atoms with E-state index in [0.717, 1.165) is 31.9 Å². The maximum atomic E-state index is 6.19. The van der Waals surface area contributed by atoms with Gasteiger partial charge in [0.1, 0.15) is 5.75 Å². The van der Waals surface area contributed by atoms with Gasteiger partial charge in [-0.2, -0.15) is 0 Å². The van der Waals surface area contributed by atoms with Crippen molar-refractivity contribution in [1.29, 1.82) is 0 Å². The van der Waals surface area contributed by atoms with Crippen LogP contribution in [0.4, 0.5) is 5.69 Å². The van der Waals surface area contributed by atoms with E-state index in [2.05, 4.69) is 21.3 Å². The van der Waals surface area contributed by atoms with E-state index in [-0.39, 0.29) is 0 Å². The summed E-state index contributed by atoms with van der Waals surface area (Å²) in [5.41, 5.74) is 1.20. The second-order valence-electron chi connectivity index (χ2n) is 6.20. The molecule has 0 aromatic carbocycles. The smallest absolute Gasteiger partial charge is 0.140 e. The third-order valence-corrected chi connectivity index (χ3v) is 4.51. The molecule has 0 unspecified atom stereocenters. The van der Waals surface area contributed by atoms with Gasteiger partial charge in [-0.15, -0.1) is 0 Å². The van der Waals surface area contributed by atoms with Crippen LogP contribution in [0.2, 0.25) is 0 Å². The molecule has 1 aromatic heterocycles. The second kappa shape index (κ2) is 7.64. The van der Waals surface area contributed by atoms with E-state index in [4.69, 9.17) is 4.74 Å². The molecule has 4 nitrogen and oxygen atoms in total. The number of hydrogen-bond donors (Lipinski definition) is 1. The molecule has 2 heterocycles. The lowest BCUT2D eigenvalue weighted by atomic mass is 10.1. The van der Waals surface area contributed by atoms with Gasteiger partial charge < -0.3 is 15.0 Å². The molecule has 1 aliphatic heterocycles. The maximum Gasteiger partial charge on any atom is 0.140 e. The number of aromatic nitrogens is 1. The maximum absolute atomic E-state index is 6.19. The quantitative estimate of drug-likeness (QED) is 0.868. The van der Waals surface area contributed by atoms with E-state index in [0.29, 0.717) is 6.10 Å². The van der Waals surface area contributed by atoms with Crippen molar-refractivity contribution in [2.45, 2.75) is 51.0 Å². The Morgan fingerprint density at radius 2 is 1.86 bits per heavy atom. The first kappa shape index (κ1) is 14.6. The number of ether oxygens (including phenoxy) is 1. The second-order valence-corrected chi connectivity index (χ2v) is 6.20. The number of anilines is 1. The topological polar surface area (TPSA) is 37.4 Å². The van der Waals surface area contributed by atoms with Crippen LogP contribution in [0.15, 0.2) is 18.5 Å². The van der Waals surface area contributed by atoms with Crippen LogP contribution in [0.1, 0.15) is 44.9 Å². The lowest BCUT2D eigenvalue weighted by Gasteiger charge is -2.23. The minimum absolute atomic E-state index is 0.385. The van der Waals surface area contributed by atoms with Gasteiger partial charge in [0.15, 0.2) is 0 Å². The van der Waals surface area contributed by atoms with Crippen LogP contribution < -0.4 is 15.0 Å². The van der Waals surface area contributed by atoms with Gasteiger partial charge in [0.25, 0.3) is 0 Å². The molecule has 1 saturated heterocycles. The average molecular weight is 289 g/mol. The summed E-state index contributed by atoms with van der Waals surface area (Å²) in [5.74, 6) is 0.941. The molecule has 1 aromatic rings. The first-order valence-electron chi connectivity index (χ1n) is 8.49. The molecule has 0 spiro atoms. The van der Waals surface area contributed by atoms with Gasteiger partial charge in [0, 0.05) is 25.7 Å². The molecule has 1 N–H and O–H groups in total. The predicted molar refractivity (Wildman–Crippen MR) is 86.1 cm³/mol. The summed E-state index contributed by atoms with van der Waals surface area (Å²) in [7, 11) is 0. The Labute approximate surface area is 127 Å². The highest BCUT2D eigenvalue weighted by molar-refractivity contribution is 5.48. The molecule has 0 bridgehead atoms. The molecule has 0 radical (unpaired) electrons. The molecule has 2 fully saturated rings. The Hall–Kier alpha value is -1.29. The fourth-order valence-electron chi connectivity index (χ4n) is 3.30. The average Bonchev–Trinajstić information content (AvgIpc) is 2.92. The number of rotatable bonds is 3. The van der Waals surface area contributed by atoms with Gasteiger partial charge in [-0.25, -0.2) is 0 Å². The van der Waals surface area contributed by atoms with E-state index in [1.54, 1.807) is 0 Å². The summed E-state index contributed by atoms with van der Waals surface area (Å²) < 4.78 is 6.19. The zero-order valence-electron chi connectivity index (χ0n) is 12.9. The highest BCUT2D eigenvalue weighted by Gasteiger charge is 2.15. The van der Waals surface area contributed by atoms with Crippen LogP contribution in [-0.2, 0) is 0 Å². The molecule has 1 aliphatic carbocycles. The zero-order chi connectivity index (χ0) is 14.3. The standard InChI is InChI=1S/C17H27N3O/c1-2-4-7-16(6-3-1)21-17-12-15(13-19-14-17)20-10-5-8-18-9-11-20/h12-14,16,18H,1-11H2. The van der Waals surface area contributed by atoms with Crippen molar-refractivity contribution in [3.05, 3.63) is 18.5 Å². The van der Waals surface area contributed by atoms with Gasteiger partial charge in [0.2, 0.25) is 0 Å². The van der Waals surface area contributed by atoms with E-state index in [1.807, 2.05) is 12.4 Å².